The lowest BCUT2D eigenvalue weighted by atomic mass is 10.0. The number of carbonyl (C=O) groups is 3. The van der Waals surface area contributed by atoms with Gasteiger partial charge in [-0.1, -0.05) is 343 Å². The Labute approximate surface area is 503 Å². The largest absolute Gasteiger partial charge is 0.462 e. The van der Waals surface area contributed by atoms with E-state index in [4.69, 9.17) is 14.2 Å². The van der Waals surface area contributed by atoms with E-state index < -0.39 is 6.10 Å². The third-order valence-electron chi connectivity index (χ3n) is 15.4. The van der Waals surface area contributed by atoms with E-state index in [1.54, 1.807) is 0 Å². The molecule has 468 valence electrons. The van der Waals surface area contributed by atoms with Crippen LogP contribution in [0, 0.1) is 0 Å². The molecule has 0 fully saturated rings. The highest BCUT2D eigenvalue weighted by atomic mass is 16.6. The van der Waals surface area contributed by atoms with Gasteiger partial charge in [-0.3, -0.25) is 14.4 Å². The van der Waals surface area contributed by atoms with Gasteiger partial charge in [-0.25, -0.2) is 0 Å². The molecule has 0 aliphatic carbocycles. The third-order valence-corrected chi connectivity index (χ3v) is 15.4. The first-order chi connectivity index (χ1) is 40.0. The van der Waals surface area contributed by atoms with Crippen molar-refractivity contribution in [1.82, 2.24) is 0 Å². The molecule has 0 spiro atoms. The van der Waals surface area contributed by atoms with E-state index in [0.717, 1.165) is 109 Å². The second-order valence-electron chi connectivity index (χ2n) is 23.4. The van der Waals surface area contributed by atoms with Crippen molar-refractivity contribution in [2.75, 3.05) is 13.2 Å². The summed E-state index contributed by atoms with van der Waals surface area (Å²) >= 11 is 0. The fourth-order valence-electron chi connectivity index (χ4n) is 10.2. The van der Waals surface area contributed by atoms with Gasteiger partial charge in [0, 0.05) is 19.3 Å². The molecule has 6 nitrogen and oxygen atoms in total. The smallest absolute Gasteiger partial charge is 0.306 e. The maximum absolute atomic E-state index is 13.0. The zero-order chi connectivity index (χ0) is 58.5. The van der Waals surface area contributed by atoms with Gasteiger partial charge >= 0.3 is 17.9 Å². The molecule has 0 aromatic rings. The van der Waals surface area contributed by atoms with Crippen molar-refractivity contribution < 1.29 is 28.6 Å². The maximum atomic E-state index is 13.0. The molecule has 0 radical (unpaired) electrons. The quantitative estimate of drug-likeness (QED) is 0.0261. The topological polar surface area (TPSA) is 78.9 Å². The third kappa shape index (κ3) is 67.3. The Morgan fingerprint density at radius 2 is 0.481 bits per heavy atom. The molecule has 1 unspecified atom stereocenters. The molecule has 0 saturated heterocycles. The zero-order valence-electron chi connectivity index (χ0n) is 53.8. The van der Waals surface area contributed by atoms with Crippen LogP contribution in [0.2, 0.25) is 0 Å². The van der Waals surface area contributed by atoms with Crippen LogP contribution in [0.1, 0.15) is 355 Å². The van der Waals surface area contributed by atoms with Crippen molar-refractivity contribution in [3.05, 3.63) is 85.1 Å². The SMILES string of the molecule is CC/C=C\C/C=C\C/C=C\C/C=C\C/C=C\C/C=C\C/C=C\CCCCCC(=O)OCC(COC(=O)CCCCCCCCCCCCCCCCC)OC(=O)CCCCCCCCCCCCCCCCCCCCCCCCC. The lowest BCUT2D eigenvalue weighted by Gasteiger charge is -2.18. The summed E-state index contributed by atoms with van der Waals surface area (Å²) in [5.41, 5.74) is 0. The summed E-state index contributed by atoms with van der Waals surface area (Å²) in [5, 5.41) is 0. The van der Waals surface area contributed by atoms with Gasteiger partial charge in [0.25, 0.3) is 0 Å². The highest BCUT2D eigenvalue weighted by Crippen LogP contribution is 2.18. The summed E-state index contributed by atoms with van der Waals surface area (Å²) in [6.45, 7) is 6.56. The average Bonchev–Trinajstić information content (AvgIpc) is 3.47. The first kappa shape index (κ1) is 77.6. The number of allylic oxidation sites excluding steroid dienone is 14. The Morgan fingerprint density at radius 1 is 0.259 bits per heavy atom. The fraction of sp³-hybridized carbons (Fsp3) is 0.773. The van der Waals surface area contributed by atoms with Crippen molar-refractivity contribution in [3.8, 4) is 0 Å². The Hall–Kier alpha value is -3.41. The number of hydrogen-bond donors (Lipinski definition) is 0. The molecule has 0 heterocycles. The number of rotatable bonds is 64. The van der Waals surface area contributed by atoms with Crippen molar-refractivity contribution in [2.45, 2.75) is 361 Å². The van der Waals surface area contributed by atoms with Crippen LogP contribution in [-0.4, -0.2) is 37.2 Å². The van der Waals surface area contributed by atoms with E-state index >= 15 is 0 Å². The summed E-state index contributed by atoms with van der Waals surface area (Å²) in [6.07, 6.45) is 91.8. The molecule has 81 heavy (non-hydrogen) atoms. The van der Waals surface area contributed by atoms with Gasteiger partial charge in [0.1, 0.15) is 13.2 Å². The number of ether oxygens (including phenoxy) is 3. The van der Waals surface area contributed by atoms with E-state index in [0.29, 0.717) is 19.3 Å². The van der Waals surface area contributed by atoms with Crippen LogP contribution < -0.4 is 0 Å². The summed E-state index contributed by atoms with van der Waals surface area (Å²) in [5.74, 6) is -0.895. The Balaban J connectivity index is 4.38. The summed E-state index contributed by atoms with van der Waals surface area (Å²) in [6, 6.07) is 0. The van der Waals surface area contributed by atoms with Crippen LogP contribution in [0.4, 0.5) is 0 Å². The number of hydrogen-bond acceptors (Lipinski definition) is 6. The summed E-state index contributed by atoms with van der Waals surface area (Å²) in [7, 11) is 0. The van der Waals surface area contributed by atoms with Crippen LogP contribution in [0.25, 0.3) is 0 Å². The first-order valence-corrected chi connectivity index (χ1v) is 35.1. The molecule has 6 heteroatoms. The fourth-order valence-corrected chi connectivity index (χ4v) is 10.2. The van der Waals surface area contributed by atoms with E-state index in [1.165, 1.54) is 205 Å². The van der Waals surface area contributed by atoms with Gasteiger partial charge in [0.2, 0.25) is 0 Å². The van der Waals surface area contributed by atoms with Crippen molar-refractivity contribution in [2.24, 2.45) is 0 Å². The average molecular weight is 1130 g/mol. The van der Waals surface area contributed by atoms with E-state index in [-0.39, 0.29) is 31.1 Å². The van der Waals surface area contributed by atoms with E-state index in [2.05, 4.69) is 106 Å². The normalized spacial score (nSPS) is 12.6. The Kier molecular flexibility index (Phi) is 66.2. The maximum Gasteiger partial charge on any atom is 0.306 e. The van der Waals surface area contributed by atoms with Crippen molar-refractivity contribution in [1.29, 1.82) is 0 Å². The standard InChI is InChI=1S/C75H132O6/c1-4-7-10-13-16-19-22-25-28-30-32-34-36-37-39-40-42-44-47-50-53-56-59-62-65-68-74(77)80-71-72(70-79-73(76)67-64-61-58-55-52-49-46-27-24-21-18-15-12-9-6-3)81-75(78)69-66-63-60-57-54-51-48-45-43-41-38-35-33-31-29-26-23-20-17-14-11-8-5-2/h7,10,16,19,25,28,32,34,37,39,42,44,50,53,72H,4-6,8-9,11-15,17-18,20-24,26-27,29-31,33,35-36,38,40-41,43,45-49,51-52,54-71H2,1-3H3/b10-7-,19-16-,28-25-,34-32-,39-37-,44-42-,53-50-. The molecule has 0 N–H and O–H groups in total. The van der Waals surface area contributed by atoms with E-state index in [9.17, 15) is 14.4 Å². The minimum Gasteiger partial charge on any atom is -0.462 e. The van der Waals surface area contributed by atoms with Crippen LogP contribution >= 0.6 is 0 Å². The molecule has 1 atom stereocenters. The number of unbranched alkanes of at least 4 members (excludes halogenated alkanes) is 39. The second kappa shape index (κ2) is 69.1. The molecule has 0 bridgehead atoms. The Bertz CT molecular complexity index is 1530. The molecule has 0 aliphatic heterocycles. The minimum absolute atomic E-state index is 0.0824. The van der Waals surface area contributed by atoms with Gasteiger partial charge in [0.05, 0.1) is 0 Å². The second-order valence-corrected chi connectivity index (χ2v) is 23.4. The van der Waals surface area contributed by atoms with Crippen molar-refractivity contribution >= 4 is 17.9 Å². The number of esters is 3. The molecule has 0 amide bonds. The van der Waals surface area contributed by atoms with Crippen LogP contribution in [0.5, 0.6) is 0 Å². The van der Waals surface area contributed by atoms with Gasteiger partial charge < -0.3 is 14.2 Å². The van der Waals surface area contributed by atoms with Gasteiger partial charge in [-0.05, 0) is 77.0 Å². The molecule has 0 aromatic carbocycles. The highest BCUT2D eigenvalue weighted by molar-refractivity contribution is 5.71. The van der Waals surface area contributed by atoms with Crippen molar-refractivity contribution in [3.63, 3.8) is 0 Å². The van der Waals surface area contributed by atoms with E-state index in [1.807, 2.05) is 0 Å². The van der Waals surface area contributed by atoms with Crippen LogP contribution in [0.3, 0.4) is 0 Å². The molecule has 0 aromatic heterocycles. The lowest BCUT2D eigenvalue weighted by Crippen LogP contribution is -2.30. The molecule has 0 aliphatic rings. The monoisotopic (exact) mass is 1130 g/mol. The first-order valence-electron chi connectivity index (χ1n) is 35.1. The van der Waals surface area contributed by atoms with Crippen LogP contribution in [0.15, 0.2) is 85.1 Å². The predicted molar refractivity (Wildman–Crippen MR) is 353 cm³/mol. The molecular weight excluding hydrogens is 997 g/mol. The minimum atomic E-state index is -0.790. The van der Waals surface area contributed by atoms with Gasteiger partial charge in [0.15, 0.2) is 6.10 Å². The van der Waals surface area contributed by atoms with Gasteiger partial charge in [-0.2, -0.15) is 0 Å². The zero-order valence-corrected chi connectivity index (χ0v) is 53.8. The highest BCUT2D eigenvalue weighted by Gasteiger charge is 2.19. The Morgan fingerprint density at radius 3 is 0.753 bits per heavy atom. The molecular formula is C75H132O6. The molecule has 0 saturated carbocycles. The predicted octanol–water partition coefficient (Wildman–Crippen LogP) is 24.2. The van der Waals surface area contributed by atoms with Gasteiger partial charge in [-0.15, -0.1) is 0 Å². The summed E-state index contributed by atoms with van der Waals surface area (Å²) < 4.78 is 17.0. The summed E-state index contributed by atoms with van der Waals surface area (Å²) in [4.78, 5) is 38.4. The lowest BCUT2D eigenvalue weighted by molar-refractivity contribution is -0.167. The van der Waals surface area contributed by atoms with Crippen LogP contribution in [-0.2, 0) is 28.6 Å². The molecule has 0 rings (SSSR count). The number of carbonyl (C=O) groups excluding carboxylic acids is 3.